The van der Waals surface area contributed by atoms with Crippen LogP contribution in [0.4, 0.5) is 0 Å². The Hall–Kier alpha value is -0.525. The molecule has 0 atom stereocenters. The van der Waals surface area contributed by atoms with E-state index < -0.39 is 22.7 Å². The molecule has 0 aromatic heterocycles. The predicted octanol–water partition coefficient (Wildman–Crippen LogP) is 2.38. The first-order valence-electron chi connectivity index (χ1n) is 4.89. The summed E-state index contributed by atoms with van der Waals surface area (Å²) in [7, 11) is -1.09. The Morgan fingerprint density at radius 1 is 0.929 bits per heavy atom. The van der Waals surface area contributed by atoms with Crippen LogP contribution in [0.3, 0.4) is 0 Å². The molecule has 0 saturated carbocycles. The van der Waals surface area contributed by atoms with Crippen molar-refractivity contribution in [2.45, 2.75) is 13.1 Å². The van der Waals surface area contributed by atoms with E-state index in [1.165, 1.54) is 4.35 Å². The molecule has 2 heteroatoms. The van der Waals surface area contributed by atoms with Crippen LogP contribution in [-0.2, 0) is 0 Å². The molecule has 0 saturated heterocycles. The summed E-state index contributed by atoms with van der Waals surface area (Å²) < 4.78 is 1.54. The SMILES string of the molecule is C[Si]1(C)C=C[As](c2ccccc2)C=C1. The van der Waals surface area contributed by atoms with Crippen LogP contribution in [-0.4, -0.2) is 22.7 Å². The normalized spacial score (nSPS) is 19.9. The van der Waals surface area contributed by atoms with Crippen LogP contribution in [0, 0.1) is 0 Å². The molecule has 1 heterocycles. The number of benzene rings is 1. The number of rotatable bonds is 1. The molecule has 0 spiro atoms. The van der Waals surface area contributed by atoms with Crippen molar-refractivity contribution in [3.63, 3.8) is 0 Å². The summed E-state index contributed by atoms with van der Waals surface area (Å²) in [5, 5.41) is 0. The fourth-order valence-electron chi connectivity index (χ4n) is 1.42. The third-order valence-corrected chi connectivity index (χ3v) is 9.50. The van der Waals surface area contributed by atoms with Gasteiger partial charge in [0.2, 0.25) is 0 Å². The monoisotopic (exact) mass is 262 g/mol. The van der Waals surface area contributed by atoms with Gasteiger partial charge >= 0.3 is 91.6 Å². The van der Waals surface area contributed by atoms with Crippen molar-refractivity contribution in [1.82, 2.24) is 0 Å². The first-order valence-corrected chi connectivity index (χ1v) is 11.2. The van der Waals surface area contributed by atoms with Crippen molar-refractivity contribution in [1.29, 1.82) is 0 Å². The summed E-state index contributed by atoms with van der Waals surface area (Å²) in [6.45, 7) is 4.77. The summed E-state index contributed by atoms with van der Waals surface area (Å²) >= 11 is -0.962. The number of hydrogen-bond acceptors (Lipinski definition) is 0. The zero-order chi connectivity index (χ0) is 10.0. The van der Waals surface area contributed by atoms with E-state index in [-0.39, 0.29) is 0 Å². The molecule has 2 rings (SSSR count). The molecule has 1 aromatic carbocycles. The van der Waals surface area contributed by atoms with Gasteiger partial charge in [-0.1, -0.05) is 0 Å². The van der Waals surface area contributed by atoms with E-state index in [4.69, 9.17) is 0 Å². The number of hydrogen-bond donors (Lipinski definition) is 0. The van der Waals surface area contributed by atoms with E-state index >= 15 is 0 Å². The van der Waals surface area contributed by atoms with Crippen LogP contribution in [0.5, 0.6) is 0 Å². The third-order valence-electron chi connectivity index (χ3n) is 2.38. The molecule has 0 N–H and O–H groups in total. The van der Waals surface area contributed by atoms with Gasteiger partial charge in [0.15, 0.2) is 0 Å². The minimum absolute atomic E-state index is 0.962. The third kappa shape index (κ3) is 2.28. The second-order valence-electron chi connectivity index (χ2n) is 4.20. The molecular formula is C12H15AsSi. The Morgan fingerprint density at radius 2 is 1.50 bits per heavy atom. The fraction of sp³-hybridized carbons (Fsp3) is 0.167. The molecule has 0 amide bonds. The van der Waals surface area contributed by atoms with Crippen molar-refractivity contribution in [2.75, 3.05) is 0 Å². The molecule has 0 unspecified atom stereocenters. The molecule has 0 fully saturated rings. The predicted molar refractivity (Wildman–Crippen MR) is 67.6 cm³/mol. The van der Waals surface area contributed by atoms with Gasteiger partial charge in [0, 0.05) is 0 Å². The van der Waals surface area contributed by atoms with Crippen molar-refractivity contribution >= 4 is 27.1 Å². The van der Waals surface area contributed by atoms with Crippen molar-refractivity contribution < 1.29 is 0 Å². The molecule has 0 radical (unpaired) electrons. The molecule has 1 aromatic rings. The van der Waals surface area contributed by atoms with Crippen molar-refractivity contribution in [3.05, 3.63) is 51.5 Å². The molecule has 0 bridgehead atoms. The summed E-state index contributed by atoms with van der Waals surface area (Å²) in [4.78, 5) is 4.99. The molecule has 14 heavy (non-hydrogen) atoms. The Morgan fingerprint density at radius 3 is 2.07 bits per heavy atom. The van der Waals surface area contributed by atoms with Gasteiger partial charge in [-0.15, -0.1) is 0 Å². The van der Waals surface area contributed by atoms with Crippen molar-refractivity contribution in [3.8, 4) is 0 Å². The van der Waals surface area contributed by atoms with Gasteiger partial charge < -0.3 is 0 Å². The van der Waals surface area contributed by atoms with E-state index in [9.17, 15) is 0 Å². The molecule has 72 valence electrons. The standard InChI is InChI=1S/C12H15AsSi/c1-14(2)10-8-13(9-11-14)12-6-4-3-5-7-12/h3-11H,1-2H3. The van der Waals surface area contributed by atoms with Crippen LogP contribution in [0.1, 0.15) is 0 Å². The maximum atomic E-state index is 2.49. The Bertz CT molecular complexity index is 349. The summed E-state index contributed by atoms with van der Waals surface area (Å²) in [5.41, 5.74) is 4.97. The Balaban J connectivity index is 2.22. The fourth-order valence-corrected chi connectivity index (χ4v) is 11.5. The van der Waals surface area contributed by atoms with Crippen molar-refractivity contribution in [2.24, 2.45) is 0 Å². The molecule has 0 aliphatic carbocycles. The average molecular weight is 262 g/mol. The Labute approximate surface area is 91.6 Å². The molecule has 0 nitrogen and oxygen atoms in total. The van der Waals surface area contributed by atoms with E-state index in [2.05, 4.69) is 64.6 Å². The zero-order valence-electron chi connectivity index (χ0n) is 8.64. The van der Waals surface area contributed by atoms with E-state index in [0.29, 0.717) is 0 Å². The van der Waals surface area contributed by atoms with E-state index in [1.54, 1.807) is 0 Å². The average Bonchev–Trinajstić information content (AvgIpc) is 2.19. The van der Waals surface area contributed by atoms with Crippen LogP contribution >= 0.6 is 0 Å². The maximum absolute atomic E-state index is 2.49. The van der Waals surface area contributed by atoms with Gasteiger partial charge in [0.1, 0.15) is 0 Å². The first-order chi connectivity index (χ1) is 6.67. The minimum atomic E-state index is -1.09. The Kier molecular flexibility index (Phi) is 2.80. The second-order valence-corrected chi connectivity index (χ2v) is 12.5. The first kappa shape index (κ1) is 10.0. The molecule has 1 aliphatic rings. The van der Waals surface area contributed by atoms with Crippen LogP contribution in [0.25, 0.3) is 0 Å². The second kappa shape index (κ2) is 3.92. The molecular weight excluding hydrogens is 247 g/mol. The van der Waals surface area contributed by atoms with E-state index in [0.717, 1.165) is 0 Å². The quantitative estimate of drug-likeness (QED) is 0.682. The summed E-state index contributed by atoms with van der Waals surface area (Å²) in [6.07, 6.45) is 0. The summed E-state index contributed by atoms with van der Waals surface area (Å²) in [5.74, 6) is 0. The van der Waals surface area contributed by atoms with Gasteiger partial charge in [-0.2, -0.15) is 0 Å². The van der Waals surface area contributed by atoms with Gasteiger partial charge in [0.25, 0.3) is 0 Å². The van der Waals surface area contributed by atoms with Gasteiger partial charge in [-0.25, -0.2) is 0 Å². The van der Waals surface area contributed by atoms with Gasteiger partial charge in [-0.3, -0.25) is 0 Å². The van der Waals surface area contributed by atoms with Crippen LogP contribution < -0.4 is 4.35 Å². The summed E-state index contributed by atoms with van der Waals surface area (Å²) in [6, 6.07) is 10.9. The van der Waals surface area contributed by atoms with Crippen LogP contribution in [0.2, 0.25) is 13.1 Å². The molecule has 1 aliphatic heterocycles. The topological polar surface area (TPSA) is 0 Å². The van der Waals surface area contributed by atoms with Gasteiger partial charge in [-0.05, 0) is 0 Å². The van der Waals surface area contributed by atoms with Crippen LogP contribution in [0.15, 0.2) is 51.5 Å². The van der Waals surface area contributed by atoms with Gasteiger partial charge in [0.05, 0.1) is 0 Å². The zero-order valence-corrected chi connectivity index (χ0v) is 11.5. The van der Waals surface area contributed by atoms with E-state index in [1.807, 2.05) is 0 Å².